The van der Waals surface area contributed by atoms with E-state index in [0.29, 0.717) is 0 Å². The second kappa shape index (κ2) is 4.46. The Balaban J connectivity index is 2.12. The summed E-state index contributed by atoms with van der Waals surface area (Å²) in [4.78, 5) is 2.27. The highest BCUT2D eigenvalue weighted by molar-refractivity contribution is 5.54. The van der Waals surface area contributed by atoms with Crippen LogP contribution in [0.1, 0.15) is 31.9 Å². The molecule has 0 heterocycles. The maximum absolute atomic E-state index is 9.73. The van der Waals surface area contributed by atoms with E-state index in [9.17, 15) is 5.11 Å². The molecule has 16 heavy (non-hydrogen) atoms. The van der Waals surface area contributed by atoms with Gasteiger partial charge in [0.05, 0.1) is 6.10 Å². The average molecular weight is 219 g/mol. The van der Waals surface area contributed by atoms with E-state index in [1.807, 2.05) is 25.1 Å². The van der Waals surface area contributed by atoms with Crippen LogP contribution >= 0.6 is 0 Å². The third-order valence-corrected chi connectivity index (χ3v) is 3.58. The van der Waals surface area contributed by atoms with Crippen molar-refractivity contribution in [2.45, 2.75) is 26.4 Å². The van der Waals surface area contributed by atoms with Crippen LogP contribution in [0.3, 0.4) is 0 Å². The van der Waals surface area contributed by atoms with Crippen molar-refractivity contribution in [3.63, 3.8) is 0 Å². The summed E-state index contributed by atoms with van der Waals surface area (Å²) >= 11 is 0. The molecule has 1 saturated carbocycles. The number of hydrogen-bond acceptors (Lipinski definition) is 2. The second-order valence-electron chi connectivity index (χ2n) is 5.09. The number of hydrogen-bond donors (Lipinski definition) is 1. The first-order chi connectivity index (χ1) is 7.59. The van der Waals surface area contributed by atoms with E-state index in [-0.39, 0.29) is 0 Å². The molecule has 1 aliphatic carbocycles. The first-order valence-corrected chi connectivity index (χ1v) is 6.07. The Kier molecular flexibility index (Phi) is 3.20. The Morgan fingerprint density at radius 2 is 2.06 bits per heavy atom. The van der Waals surface area contributed by atoms with Gasteiger partial charge in [0.25, 0.3) is 0 Å². The van der Waals surface area contributed by atoms with Crippen LogP contribution in [0.2, 0.25) is 0 Å². The molecule has 2 nitrogen and oxygen atoms in total. The van der Waals surface area contributed by atoms with Crippen LogP contribution in [0.15, 0.2) is 24.3 Å². The summed E-state index contributed by atoms with van der Waals surface area (Å²) in [6, 6.07) is 8.12. The maximum atomic E-state index is 9.73. The Morgan fingerprint density at radius 1 is 1.44 bits per heavy atom. The van der Waals surface area contributed by atoms with E-state index in [2.05, 4.69) is 24.9 Å². The molecule has 2 rings (SSSR count). The third kappa shape index (κ3) is 2.38. The molecule has 1 aromatic carbocycles. The van der Waals surface area contributed by atoms with Crippen molar-refractivity contribution in [3.8, 4) is 0 Å². The quantitative estimate of drug-likeness (QED) is 0.841. The number of aliphatic hydroxyl groups excluding tert-OH is 1. The SMILES string of the molecule is CC1CC1CN(C)c1ccccc1[C@H](C)O. The van der Waals surface area contributed by atoms with Gasteiger partial charge < -0.3 is 10.0 Å². The molecule has 88 valence electrons. The van der Waals surface area contributed by atoms with Gasteiger partial charge in [-0.25, -0.2) is 0 Å². The molecule has 0 aliphatic heterocycles. The Hall–Kier alpha value is -1.02. The van der Waals surface area contributed by atoms with Crippen LogP contribution < -0.4 is 4.90 Å². The third-order valence-electron chi connectivity index (χ3n) is 3.58. The van der Waals surface area contributed by atoms with Gasteiger partial charge in [0, 0.05) is 24.8 Å². The first-order valence-electron chi connectivity index (χ1n) is 6.07. The topological polar surface area (TPSA) is 23.5 Å². The highest BCUT2D eigenvalue weighted by atomic mass is 16.3. The van der Waals surface area contributed by atoms with Gasteiger partial charge in [-0.05, 0) is 31.2 Å². The molecule has 0 bridgehead atoms. The van der Waals surface area contributed by atoms with Crippen molar-refractivity contribution in [2.75, 3.05) is 18.5 Å². The van der Waals surface area contributed by atoms with Crippen LogP contribution in [0, 0.1) is 11.8 Å². The Bertz CT molecular complexity index is 362. The fourth-order valence-electron chi connectivity index (χ4n) is 2.29. The number of aliphatic hydroxyl groups is 1. The van der Waals surface area contributed by atoms with Gasteiger partial charge in [0.2, 0.25) is 0 Å². The Morgan fingerprint density at radius 3 is 2.62 bits per heavy atom. The summed E-state index contributed by atoms with van der Waals surface area (Å²) in [5.41, 5.74) is 2.19. The van der Waals surface area contributed by atoms with Crippen LogP contribution in [0.4, 0.5) is 5.69 Å². The monoisotopic (exact) mass is 219 g/mol. The number of nitrogens with zero attached hydrogens (tertiary/aromatic N) is 1. The summed E-state index contributed by atoms with van der Waals surface area (Å²) in [7, 11) is 2.12. The largest absolute Gasteiger partial charge is 0.389 e. The molecule has 2 unspecified atom stereocenters. The normalized spacial score (nSPS) is 25.2. The zero-order chi connectivity index (χ0) is 11.7. The van der Waals surface area contributed by atoms with E-state index in [1.54, 1.807) is 0 Å². The van der Waals surface area contributed by atoms with Gasteiger partial charge in [-0.3, -0.25) is 0 Å². The molecule has 1 N–H and O–H groups in total. The molecule has 0 radical (unpaired) electrons. The van der Waals surface area contributed by atoms with Crippen LogP contribution in [0.25, 0.3) is 0 Å². The van der Waals surface area contributed by atoms with E-state index < -0.39 is 6.10 Å². The summed E-state index contributed by atoms with van der Waals surface area (Å²) < 4.78 is 0. The molecule has 1 aromatic rings. The van der Waals surface area contributed by atoms with Crippen LogP contribution in [-0.2, 0) is 0 Å². The van der Waals surface area contributed by atoms with E-state index in [1.165, 1.54) is 6.42 Å². The van der Waals surface area contributed by atoms with Gasteiger partial charge in [0.1, 0.15) is 0 Å². The average Bonchev–Trinajstić information content (AvgIpc) is 2.94. The fraction of sp³-hybridized carbons (Fsp3) is 0.571. The van der Waals surface area contributed by atoms with Crippen molar-refractivity contribution in [1.82, 2.24) is 0 Å². The van der Waals surface area contributed by atoms with E-state index >= 15 is 0 Å². The van der Waals surface area contributed by atoms with Gasteiger partial charge in [-0.1, -0.05) is 25.1 Å². The lowest BCUT2D eigenvalue weighted by atomic mass is 10.1. The molecular formula is C14H21NO. The number of rotatable bonds is 4. The summed E-state index contributed by atoms with van der Waals surface area (Å²) in [5.74, 6) is 1.72. The molecule has 1 fully saturated rings. The van der Waals surface area contributed by atoms with Gasteiger partial charge in [-0.2, -0.15) is 0 Å². The molecule has 1 aliphatic rings. The molecular weight excluding hydrogens is 198 g/mol. The lowest BCUT2D eigenvalue weighted by Gasteiger charge is -2.23. The molecule has 0 amide bonds. The molecule has 2 heteroatoms. The highest BCUT2D eigenvalue weighted by Gasteiger charge is 2.33. The highest BCUT2D eigenvalue weighted by Crippen LogP contribution is 2.39. The molecule has 3 atom stereocenters. The van der Waals surface area contributed by atoms with Crippen molar-refractivity contribution < 1.29 is 5.11 Å². The fourth-order valence-corrected chi connectivity index (χ4v) is 2.29. The van der Waals surface area contributed by atoms with Crippen LogP contribution in [-0.4, -0.2) is 18.7 Å². The maximum Gasteiger partial charge on any atom is 0.0781 e. The minimum atomic E-state index is -0.393. The van der Waals surface area contributed by atoms with Crippen molar-refractivity contribution >= 4 is 5.69 Å². The minimum absolute atomic E-state index is 0.393. The number of para-hydroxylation sites is 1. The lowest BCUT2D eigenvalue weighted by molar-refractivity contribution is 0.199. The minimum Gasteiger partial charge on any atom is -0.389 e. The summed E-state index contributed by atoms with van der Waals surface area (Å²) in [6.07, 6.45) is 0.955. The molecule has 0 aromatic heterocycles. The van der Waals surface area contributed by atoms with Gasteiger partial charge >= 0.3 is 0 Å². The van der Waals surface area contributed by atoms with Crippen LogP contribution in [0.5, 0.6) is 0 Å². The predicted molar refractivity (Wildman–Crippen MR) is 67.6 cm³/mol. The number of benzene rings is 1. The summed E-state index contributed by atoms with van der Waals surface area (Å²) in [5, 5.41) is 9.73. The van der Waals surface area contributed by atoms with Crippen molar-refractivity contribution in [3.05, 3.63) is 29.8 Å². The van der Waals surface area contributed by atoms with Crippen molar-refractivity contribution in [1.29, 1.82) is 0 Å². The van der Waals surface area contributed by atoms with Crippen molar-refractivity contribution in [2.24, 2.45) is 11.8 Å². The lowest BCUT2D eigenvalue weighted by Crippen LogP contribution is -2.22. The predicted octanol–water partition coefficient (Wildman–Crippen LogP) is 2.83. The van der Waals surface area contributed by atoms with Gasteiger partial charge in [0.15, 0.2) is 0 Å². The number of anilines is 1. The molecule has 0 saturated heterocycles. The zero-order valence-corrected chi connectivity index (χ0v) is 10.4. The first kappa shape index (κ1) is 11.5. The van der Waals surface area contributed by atoms with E-state index in [4.69, 9.17) is 0 Å². The zero-order valence-electron chi connectivity index (χ0n) is 10.4. The molecule has 0 spiro atoms. The standard InChI is InChI=1S/C14H21NO/c1-10-8-12(10)9-15(3)14-7-5-4-6-13(14)11(2)16/h4-7,10-12,16H,8-9H2,1-3H3/t10?,11-,12?/m0/s1. The Labute approximate surface area is 97.9 Å². The van der Waals surface area contributed by atoms with E-state index in [0.717, 1.165) is 29.6 Å². The summed E-state index contributed by atoms with van der Waals surface area (Å²) in [6.45, 7) is 5.23. The smallest absolute Gasteiger partial charge is 0.0781 e. The second-order valence-corrected chi connectivity index (χ2v) is 5.09. The van der Waals surface area contributed by atoms with Gasteiger partial charge in [-0.15, -0.1) is 0 Å².